The lowest BCUT2D eigenvalue weighted by atomic mass is 10.1. The minimum Gasteiger partial charge on any atom is -0.314 e. The van der Waals surface area contributed by atoms with Crippen molar-refractivity contribution in [2.45, 2.75) is 31.2 Å². The van der Waals surface area contributed by atoms with Crippen LogP contribution in [-0.4, -0.2) is 12.6 Å². The molecule has 0 atom stereocenters. The summed E-state index contributed by atoms with van der Waals surface area (Å²) in [5, 5.41) is 3.10. The molecule has 0 aliphatic heterocycles. The van der Waals surface area contributed by atoms with Gasteiger partial charge in [-0.15, -0.1) is 0 Å². The summed E-state index contributed by atoms with van der Waals surface area (Å²) in [6, 6.07) is 8.52. The van der Waals surface area contributed by atoms with Crippen molar-refractivity contribution in [3.8, 4) is 0 Å². The molecule has 82 valence electrons. The molecule has 15 heavy (non-hydrogen) atoms. The summed E-state index contributed by atoms with van der Waals surface area (Å²) in [5.41, 5.74) is 0.114. The Kier molecular flexibility index (Phi) is 3.00. The van der Waals surface area contributed by atoms with Gasteiger partial charge in [-0.1, -0.05) is 30.3 Å². The van der Waals surface area contributed by atoms with Crippen LogP contribution in [0.1, 0.15) is 24.8 Å². The molecule has 1 aromatic rings. The van der Waals surface area contributed by atoms with Gasteiger partial charge in [0, 0.05) is 24.6 Å². The number of hydrogen-bond acceptors (Lipinski definition) is 1. The van der Waals surface area contributed by atoms with Crippen molar-refractivity contribution in [2.24, 2.45) is 0 Å². The minimum atomic E-state index is -2.71. The monoisotopic (exact) mass is 211 g/mol. The molecule has 1 aliphatic carbocycles. The number of rotatable bonds is 5. The topological polar surface area (TPSA) is 12.0 Å². The molecule has 0 bridgehead atoms. The zero-order chi connectivity index (χ0) is 10.7. The SMILES string of the molecule is FC(F)(CCNC1CC1)c1ccccc1. The molecule has 1 fully saturated rings. The Morgan fingerprint density at radius 2 is 1.87 bits per heavy atom. The average molecular weight is 211 g/mol. The maximum Gasteiger partial charge on any atom is 0.274 e. The Morgan fingerprint density at radius 1 is 1.20 bits per heavy atom. The second kappa shape index (κ2) is 4.27. The predicted octanol–water partition coefficient (Wildman–Crippen LogP) is 2.92. The van der Waals surface area contributed by atoms with Gasteiger partial charge < -0.3 is 5.32 Å². The lowest BCUT2D eigenvalue weighted by Crippen LogP contribution is -2.24. The van der Waals surface area contributed by atoms with E-state index in [1.165, 1.54) is 12.1 Å². The van der Waals surface area contributed by atoms with Gasteiger partial charge in [0.1, 0.15) is 0 Å². The fourth-order valence-corrected chi connectivity index (χ4v) is 1.55. The average Bonchev–Trinajstić information content (AvgIpc) is 3.03. The third-order valence-corrected chi connectivity index (χ3v) is 2.65. The van der Waals surface area contributed by atoms with E-state index < -0.39 is 5.92 Å². The van der Waals surface area contributed by atoms with Crippen LogP contribution in [0.4, 0.5) is 8.78 Å². The number of halogens is 2. The molecule has 2 rings (SSSR count). The molecular formula is C12H15F2N. The zero-order valence-electron chi connectivity index (χ0n) is 8.55. The highest BCUT2D eigenvalue weighted by Gasteiger charge is 2.31. The quantitative estimate of drug-likeness (QED) is 0.789. The molecule has 0 amide bonds. The van der Waals surface area contributed by atoms with Crippen molar-refractivity contribution < 1.29 is 8.78 Å². The Labute approximate surface area is 88.5 Å². The maximum atomic E-state index is 13.6. The molecule has 0 radical (unpaired) electrons. The van der Waals surface area contributed by atoms with Gasteiger partial charge in [0.25, 0.3) is 5.92 Å². The second-order valence-electron chi connectivity index (χ2n) is 4.05. The first-order valence-electron chi connectivity index (χ1n) is 5.35. The Hall–Kier alpha value is -0.960. The van der Waals surface area contributed by atoms with Gasteiger partial charge in [0.15, 0.2) is 0 Å². The van der Waals surface area contributed by atoms with E-state index in [4.69, 9.17) is 0 Å². The molecule has 1 aliphatic rings. The molecule has 1 N–H and O–H groups in total. The number of hydrogen-bond donors (Lipinski definition) is 1. The smallest absolute Gasteiger partial charge is 0.274 e. The van der Waals surface area contributed by atoms with E-state index in [1.54, 1.807) is 18.2 Å². The van der Waals surface area contributed by atoms with Crippen molar-refractivity contribution in [1.29, 1.82) is 0 Å². The standard InChI is InChI=1S/C12H15F2N/c13-12(14,8-9-15-11-6-7-11)10-4-2-1-3-5-10/h1-5,11,15H,6-9H2. The molecule has 1 nitrogen and oxygen atoms in total. The first-order chi connectivity index (χ1) is 7.18. The first kappa shape index (κ1) is 10.6. The van der Waals surface area contributed by atoms with E-state index in [9.17, 15) is 8.78 Å². The lowest BCUT2D eigenvalue weighted by Gasteiger charge is -2.16. The van der Waals surface area contributed by atoms with Crippen LogP contribution in [-0.2, 0) is 5.92 Å². The third-order valence-electron chi connectivity index (χ3n) is 2.65. The fourth-order valence-electron chi connectivity index (χ4n) is 1.55. The Balaban J connectivity index is 1.87. The summed E-state index contributed by atoms with van der Waals surface area (Å²) in [6.45, 7) is 0.395. The van der Waals surface area contributed by atoms with E-state index >= 15 is 0 Å². The minimum absolute atomic E-state index is 0.114. The van der Waals surface area contributed by atoms with Crippen molar-refractivity contribution in [3.63, 3.8) is 0 Å². The van der Waals surface area contributed by atoms with E-state index in [0.717, 1.165) is 12.8 Å². The summed E-state index contributed by atoms with van der Waals surface area (Å²) < 4.78 is 27.2. The van der Waals surface area contributed by atoms with E-state index in [2.05, 4.69) is 5.32 Å². The van der Waals surface area contributed by atoms with Gasteiger partial charge >= 0.3 is 0 Å². The van der Waals surface area contributed by atoms with Gasteiger partial charge in [-0.2, -0.15) is 0 Å². The number of alkyl halides is 2. The second-order valence-corrected chi connectivity index (χ2v) is 4.05. The van der Waals surface area contributed by atoms with E-state index in [0.29, 0.717) is 12.6 Å². The van der Waals surface area contributed by atoms with Crippen LogP contribution >= 0.6 is 0 Å². The van der Waals surface area contributed by atoms with Crippen molar-refractivity contribution in [2.75, 3.05) is 6.54 Å². The summed E-state index contributed by atoms with van der Waals surface area (Å²) in [4.78, 5) is 0. The third kappa shape index (κ3) is 2.99. The molecule has 1 aromatic carbocycles. The molecule has 0 spiro atoms. The van der Waals surface area contributed by atoms with Crippen LogP contribution in [0.3, 0.4) is 0 Å². The summed E-state index contributed by atoms with van der Waals surface area (Å²) >= 11 is 0. The molecule has 0 unspecified atom stereocenters. The van der Waals surface area contributed by atoms with Crippen molar-refractivity contribution >= 4 is 0 Å². The first-order valence-corrected chi connectivity index (χ1v) is 5.35. The van der Waals surface area contributed by atoms with Crippen LogP contribution in [0.2, 0.25) is 0 Å². The van der Waals surface area contributed by atoms with Crippen molar-refractivity contribution in [1.82, 2.24) is 5.32 Å². The van der Waals surface area contributed by atoms with Crippen LogP contribution in [0.25, 0.3) is 0 Å². The Bertz CT molecular complexity index is 307. The predicted molar refractivity (Wildman–Crippen MR) is 56.0 cm³/mol. The molecular weight excluding hydrogens is 196 g/mol. The van der Waals surface area contributed by atoms with Gasteiger partial charge in [-0.3, -0.25) is 0 Å². The Morgan fingerprint density at radius 3 is 2.47 bits per heavy atom. The van der Waals surface area contributed by atoms with Crippen LogP contribution in [0, 0.1) is 0 Å². The van der Waals surface area contributed by atoms with Gasteiger partial charge in [0.2, 0.25) is 0 Å². The fraction of sp³-hybridized carbons (Fsp3) is 0.500. The molecule has 0 heterocycles. The highest BCUT2D eigenvalue weighted by atomic mass is 19.3. The van der Waals surface area contributed by atoms with Gasteiger partial charge in [-0.05, 0) is 12.8 Å². The molecule has 3 heteroatoms. The van der Waals surface area contributed by atoms with Gasteiger partial charge in [0.05, 0.1) is 0 Å². The lowest BCUT2D eigenvalue weighted by molar-refractivity contribution is -0.0128. The summed E-state index contributed by atoms with van der Waals surface area (Å²) in [5.74, 6) is -2.71. The van der Waals surface area contributed by atoms with Gasteiger partial charge in [-0.25, -0.2) is 8.78 Å². The normalized spacial score (nSPS) is 16.7. The van der Waals surface area contributed by atoms with E-state index in [1.807, 2.05) is 0 Å². The molecule has 1 saturated carbocycles. The van der Waals surface area contributed by atoms with Crippen LogP contribution in [0.5, 0.6) is 0 Å². The number of nitrogens with one attached hydrogen (secondary N) is 1. The zero-order valence-corrected chi connectivity index (χ0v) is 8.55. The molecule has 0 aromatic heterocycles. The highest BCUT2D eigenvalue weighted by molar-refractivity contribution is 5.19. The van der Waals surface area contributed by atoms with E-state index in [-0.39, 0.29) is 12.0 Å². The largest absolute Gasteiger partial charge is 0.314 e. The molecule has 0 saturated heterocycles. The maximum absolute atomic E-state index is 13.6. The summed E-state index contributed by atoms with van der Waals surface area (Å²) in [7, 11) is 0. The van der Waals surface area contributed by atoms with Crippen LogP contribution in [0.15, 0.2) is 30.3 Å². The summed E-state index contributed by atoms with van der Waals surface area (Å²) in [6.07, 6.45) is 2.15. The number of benzene rings is 1. The highest BCUT2D eigenvalue weighted by Crippen LogP contribution is 2.31. The van der Waals surface area contributed by atoms with Crippen molar-refractivity contribution in [3.05, 3.63) is 35.9 Å². The van der Waals surface area contributed by atoms with Crippen LogP contribution < -0.4 is 5.32 Å².